The summed E-state index contributed by atoms with van der Waals surface area (Å²) in [5.41, 5.74) is 3.11. The number of nitrogens with zero attached hydrogens (tertiary/aromatic N) is 3. The Labute approximate surface area is 156 Å². The smallest absolute Gasteiger partial charge is 0.277 e. The number of hydrogen-bond acceptors (Lipinski definition) is 4. The molecule has 0 saturated carbocycles. The van der Waals surface area contributed by atoms with Crippen LogP contribution in [0.1, 0.15) is 24.6 Å². The summed E-state index contributed by atoms with van der Waals surface area (Å²) in [7, 11) is 1.59. The molecule has 1 amide bonds. The van der Waals surface area contributed by atoms with Gasteiger partial charge in [-0.25, -0.2) is 4.52 Å². The van der Waals surface area contributed by atoms with E-state index in [0.717, 1.165) is 36.3 Å². The normalized spacial score (nSPS) is 16.1. The van der Waals surface area contributed by atoms with Crippen LogP contribution in [0.4, 0.5) is 5.69 Å². The van der Waals surface area contributed by atoms with Gasteiger partial charge in [0.1, 0.15) is 17.8 Å². The van der Waals surface area contributed by atoms with Gasteiger partial charge in [-0.05, 0) is 49.4 Å². The quantitative estimate of drug-likeness (QED) is 0.768. The van der Waals surface area contributed by atoms with Crippen LogP contribution >= 0.6 is 0 Å². The number of carbonyl (C=O) groups excluding carboxylic acids is 1. The number of nitrogens with one attached hydrogen (secondary N) is 1. The number of hydrogen-bond donors (Lipinski definition) is 1. The molecule has 1 N–H and O–H groups in total. The van der Waals surface area contributed by atoms with E-state index in [9.17, 15) is 9.59 Å². The van der Waals surface area contributed by atoms with Crippen molar-refractivity contribution < 1.29 is 9.53 Å². The summed E-state index contributed by atoms with van der Waals surface area (Å²) in [4.78, 5) is 25.3. The summed E-state index contributed by atoms with van der Waals surface area (Å²) >= 11 is 0. The molecule has 1 atom stereocenters. The number of amides is 1. The maximum Gasteiger partial charge on any atom is 0.277 e. The van der Waals surface area contributed by atoms with Crippen molar-refractivity contribution in [3.63, 3.8) is 0 Å². The van der Waals surface area contributed by atoms with Crippen LogP contribution in [-0.4, -0.2) is 27.2 Å². The topological polar surface area (TPSA) is 77.6 Å². The summed E-state index contributed by atoms with van der Waals surface area (Å²) in [5.74, 6) is 1.000. The first-order chi connectivity index (χ1) is 13.0. The molecule has 0 aliphatic heterocycles. The zero-order valence-corrected chi connectivity index (χ0v) is 15.4. The summed E-state index contributed by atoms with van der Waals surface area (Å²) in [5, 5.41) is 7.35. The van der Waals surface area contributed by atoms with Crippen molar-refractivity contribution >= 4 is 17.1 Å². The monoisotopic (exact) mass is 366 g/mol. The van der Waals surface area contributed by atoms with E-state index in [1.807, 2.05) is 0 Å². The molecule has 1 aliphatic carbocycles. The molecule has 0 saturated heterocycles. The highest BCUT2D eigenvalue weighted by Gasteiger charge is 2.23. The Bertz CT molecular complexity index is 1050. The van der Waals surface area contributed by atoms with Gasteiger partial charge in [0.05, 0.1) is 12.8 Å². The van der Waals surface area contributed by atoms with Gasteiger partial charge in [0.15, 0.2) is 0 Å². The molecule has 7 heteroatoms. The maximum absolute atomic E-state index is 12.9. The molecular formula is C20H22N4O3. The van der Waals surface area contributed by atoms with Crippen molar-refractivity contribution in [3.8, 4) is 5.75 Å². The van der Waals surface area contributed by atoms with Gasteiger partial charge in [-0.2, -0.15) is 5.10 Å². The number of aryl methyl sites for hydroxylation is 1. The predicted molar refractivity (Wildman–Crippen MR) is 102 cm³/mol. The van der Waals surface area contributed by atoms with E-state index < -0.39 is 0 Å². The molecule has 1 aromatic carbocycles. The highest BCUT2D eigenvalue weighted by Crippen LogP contribution is 2.26. The number of ether oxygens (including phenoxy) is 1. The summed E-state index contributed by atoms with van der Waals surface area (Å²) in [6, 6.07) is 7.07. The molecule has 1 unspecified atom stereocenters. The van der Waals surface area contributed by atoms with Gasteiger partial charge in [0.2, 0.25) is 5.91 Å². The lowest BCUT2D eigenvalue weighted by molar-refractivity contribution is -0.116. The number of fused-ring (bicyclic) bond motifs is 3. The Morgan fingerprint density at radius 2 is 2.07 bits per heavy atom. The van der Waals surface area contributed by atoms with Crippen LogP contribution in [0.3, 0.4) is 0 Å². The molecule has 7 nitrogen and oxygen atoms in total. The molecule has 27 heavy (non-hydrogen) atoms. The van der Waals surface area contributed by atoms with Crippen molar-refractivity contribution in [2.45, 2.75) is 32.7 Å². The zero-order chi connectivity index (χ0) is 19.0. The molecule has 1 aliphatic rings. The van der Waals surface area contributed by atoms with Crippen molar-refractivity contribution in [1.82, 2.24) is 14.2 Å². The fourth-order valence-corrected chi connectivity index (χ4v) is 3.60. The SMILES string of the molecule is COc1ccc(NC(=O)Cn2ccn3nc4c(c3c2=O)CC(C)CC4)cc1. The highest BCUT2D eigenvalue weighted by molar-refractivity contribution is 5.90. The first kappa shape index (κ1) is 17.3. The summed E-state index contributed by atoms with van der Waals surface area (Å²) in [6.07, 6.45) is 6.21. The van der Waals surface area contributed by atoms with Crippen LogP contribution in [0.5, 0.6) is 5.75 Å². The minimum atomic E-state index is -0.256. The largest absolute Gasteiger partial charge is 0.497 e. The Morgan fingerprint density at radius 3 is 2.81 bits per heavy atom. The first-order valence-corrected chi connectivity index (χ1v) is 9.08. The van der Waals surface area contributed by atoms with E-state index in [2.05, 4.69) is 17.3 Å². The van der Waals surface area contributed by atoms with E-state index in [0.29, 0.717) is 17.1 Å². The standard InChI is InChI=1S/C20H22N4O3/c1-13-3-8-17-16(11-13)19-20(26)23(9-10-24(19)22-17)12-18(25)21-14-4-6-15(27-2)7-5-14/h4-7,9-10,13H,3,8,11-12H2,1-2H3,(H,21,25). The molecule has 0 bridgehead atoms. The second-order valence-corrected chi connectivity index (χ2v) is 7.07. The number of aromatic nitrogens is 3. The Balaban J connectivity index is 1.58. The van der Waals surface area contributed by atoms with E-state index in [1.165, 1.54) is 4.57 Å². The lowest BCUT2D eigenvalue weighted by Gasteiger charge is -2.16. The average molecular weight is 366 g/mol. The molecule has 0 fully saturated rings. The molecular weight excluding hydrogens is 344 g/mol. The fourth-order valence-electron chi connectivity index (χ4n) is 3.60. The third-order valence-electron chi connectivity index (χ3n) is 5.06. The van der Waals surface area contributed by atoms with E-state index in [4.69, 9.17) is 4.74 Å². The zero-order valence-electron chi connectivity index (χ0n) is 15.4. The Morgan fingerprint density at radius 1 is 1.30 bits per heavy atom. The fraction of sp³-hybridized carbons (Fsp3) is 0.350. The van der Waals surface area contributed by atoms with Crippen LogP contribution in [0.25, 0.3) is 5.52 Å². The van der Waals surface area contributed by atoms with E-state index in [-0.39, 0.29) is 18.0 Å². The van der Waals surface area contributed by atoms with Crippen LogP contribution in [0.2, 0.25) is 0 Å². The van der Waals surface area contributed by atoms with Crippen LogP contribution in [0, 0.1) is 5.92 Å². The van der Waals surface area contributed by atoms with Crippen molar-refractivity contribution in [2.24, 2.45) is 5.92 Å². The summed E-state index contributed by atoms with van der Waals surface area (Å²) < 4.78 is 8.20. The number of anilines is 1. The Kier molecular flexibility index (Phi) is 4.43. The van der Waals surface area contributed by atoms with Gasteiger partial charge in [-0.3, -0.25) is 9.59 Å². The molecule has 2 heterocycles. The number of carbonyl (C=O) groups is 1. The average Bonchev–Trinajstić information content (AvgIpc) is 3.03. The van der Waals surface area contributed by atoms with Crippen molar-refractivity contribution in [1.29, 1.82) is 0 Å². The molecule has 140 valence electrons. The van der Waals surface area contributed by atoms with Gasteiger partial charge in [0, 0.05) is 23.6 Å². The third-order valence-corrected chi connectivity index (χ3v) is 5.06. The lowest BCUT2D eigenvalue weighted by Crippen LogP contribution is -2.28. The summed E-state index contributed by atoms with van der Waals surface area (Å²) in [6.45, 7) is 2.15. The van der Waals surface area contributed by atoms with Gasteiger partial charge in [-0.1, -0.05) is 6.92 Å². The minimum Gasteiger partial charge on any atom is -0.497 e. The van der Waals surface area contributed by atoms with Crippen molar-refractivity contribution in [3.05, 3.63) is 58.3 Å². The van der Waals surface area contributed by atoms with Gasteiger partial charge in [0.25, 0.3) is 5.56 Å². The van der Waals surface area contributed by atoms with E-state index in [1.54, 1.807) is 48.3 Å². The Hall–Kier alpha value is -3.09. The lowest BCUT2D eigenvalue weighted by atomic mass is 9.88. The molecule has 0 spiro atoms. The third kappa shape index (κ3) is 3.32. The number of rotatable bonds is 4. The molecule has 4 rings (SSSR count). The molecule has 3 aromatic rings. The van der Waals surface area contributed by atoms with Crippen LogP contribution in [-0.2, 0) is 24.2 Å². The van der Waals surface area contributed by atoms with E-state index >= 15 is 0 Å². The molecule has 0 radical (unpaired) electrons. The second kappa shape index (κ2) is 6.90. The van der Waals surface area contributed by atoms with Gasteiger partial charge in [-0.15, -0.1) is 0 Å². The second-order valence-electron chi connectivity index (χ2n) is 7.07. The van der Waals surface area contributed by atoms with Gasteiger partial charge >= 0.3 is 0 Å². The minimum absolute atomic E-state index is 0.0448. The first-order valence-electron chi connectivity index (χ1n) is 9.08. The van der Waals surface area contributed by atoms with Crippen LogP contribution in [0.15, 0.2) is 41.5 Å². The van der Waals surface area contributed by atoms with Crippen LogP contribution < -0.4 is 15.6 Å². The predicted octanol–water partition coefficient (Wildman–Crippen LogP) is 2.27. The maximum atomic E-state index is 12.9. The number of benzene rings is 1. The highest BCUT2D eigenvalue weighted by atomic mass is 16.5. The van der Waals surface area contributed by atoms with Crippen molar-refractivity contribution in [2.75, 3.05) is 12.4 Å². The van der Waals surface area contributed by atoms with Gasteiger partial charge < -0.3 is 14.6 Å². The molecule has 2 aromatic heterocycles. The number of methoxy groups -OCH3 is 1.